The summed E-state index contributed by atoms with van der Waals surface area (Å²) < 4.78 is 0. The van der Waals surface area contributed by atoms with Crippen LogP contribution in [-0.4, -0.2) is 0 Å². The van der Waals surface area contributed by atoms with Gasteiger partial charge in [0.1, 0.15) is 0 Å². The van der Waals surface area contributed by atoms with Crippen molar-refractivity contribution in [2.75, 3.05) is 0 Å². The van der Waals surface area contributed by atoms with Gasteiger partial charge in [-0.1, -0.05) is 62.6 Å². The minimum atomic E-state index is 0. The Labute approximate surface area is 226 Å². The Morgan fingerprint density at radius 3 is 0.914 bits per heavy atom. The first kappa shape index (κ1) is 28.8. The SMILES string of the molecule is C/C=C/C1CCC(C2CCC(/C=C/C)CC2)CC1.C/C=C/C1CCC(C2CCC(CC)CC2)CC1.[HH].[HH].[HH].[HH]. The molecule has 0 heteroatoms. The molecule has 4 aliphatic carbocycles. The molecule has 0 bridgehead atoms. The molecule has 0 N–H and O–H groups in total. The third-order valence-corrected chi connectivity index (χ3v) is 10.6. The number of hydrogen-bond donors (Lipinski definition) is 0. The largest absolute Gasteiger partial charge is 0.0914 e. The second kappa shape index (κ2) is 16.1. The maximum absolute atomic E-state index is 2.43. The van der Waals surface area contributed by atoms with Crippen LogP contribution in [0.25, 0.3) is 0 Å². The van der Waals surface area contributed by atoms with E-state index in [2.05, 4.69) is 64.2 Å². The summed E-state index contributed by atoms with van der Waals surface area (Å²) in [6.45, 7) is 8.86. The molecule has 4 aliphatic rings. The van der Waals surface area contributed by atoms with Gasteiger partial charge in [0.2, 0.25) is 0 Å². The van der Waals surface area contributed by atoms with Gasteiger partial charge in [-0.15, -0.1) is 0 Å². The van der Waals surface area contributed by atoms with Crippen molar-refractivity contribution in [3.63, 3.8) is 0 Å². The van der Waals surface area contributed by atoms with E-state index < -0.39 is 0 Å². The first-order valence-corrected chi connectivity index (χ1v) is 16.0. The molecule has 0 nitrogen and oxygen atoms in total. The van der Waals surface area contributed by atoms with Crippen LogP contribution in [0.15, 0.2) is 36.5 Å². The Kier molecular flexibility index (Phi) is 13.3. The van der Waals surface area contributed by atoms with Crippen LogP contribution in [0.3, 0.4) is 0 Å². The molecule has 4 fully saturated rings. The second-order valence-electron chi connectivity index (χ2n) is 12.8. The lowest BCUT2D eigenvalue weighted by Crippen LogP contribution is -2.25. The van der Waals surface area contributed by atoms with Crippen LogP contribution < -0.4 is 0 Å². The fourth-order valence-electron chi connectivity index (χ4n) is 8.31. The van der Waals surface area contributed by atoms with Gasteiger partial charge in [-0.3, -0.25) is 0 Å². The molecule has 0 unspecified atom stereocenters. The van der Waals surface area contributed by atoms with Gasteiger partial charge in [0.05, 0.1) is 0 Å². The van der Waals surface area contributed by atoms with Gasteiger partial charge in [-0.25, -0.2) is 0 Å². The molecule has 35 heavy (non-hydrogen) atoms. The standard InChI is InChI=1S/C18H30.C17H30.4H2/c1-3-5-15-7-11-17(12-8-15)18-13-9-16(6-4-2)10-14-18;1-3-5-15-8-12-17(13-9-15)16-10-6-14(4-2)7-11-16;;;;/h3-6,15-18H,7-14H2,1-2H3;3,5,14-17H,4,6-13H2,1-2H3;4*1H/b5-3+,6-4+;5-3+;;;;. The van der Waals surface area contributed by atoms with Crippen LogP contribution in [0, 0.1) is 47.3 Å². The molecule has 0 spiro atoms. The summed E-state index contributed by atoms with van der Waals surface area (Å²) in [4.78, 5) is 0. The Morgan fingerprint density at radius 1 is 0.429 bits per heavy atom. The maximum Gasteiger partial charge on any atom is 0 e. The van der Waals surface area contributed by atoms with E-state index in [1.165, 1.54) is 109 Å². The molecule has 0 aromatic heterocycles. The number of hydrogen-bond acceptors (Lipinski definition) is 0. The van der Waals surface area contributed by atoms with Gasteiger partial charge in [0.25, 0.3) is 0 Å². The van der Waals surface area contributed by atoms with Crippen LogP contribution in [-0.2, 0) is 0 Å². The van der Waals surface area contributed by atoms with Crippen molar-refractivity contribution < 1.29 is 5.71 Å². The summed E-state index contributed by atoms with van der Waals surface area (Å²) in [7, 11) is 0. The van der Waals surface area contributed by atoms with Gasteiger partial charge < -0.3 is 0 Å². The zero-order chi connectivity index (χ0) is 24.9. The molecule has 0 heterocycles. The van der Waals surface area contributed by atoms with E-state index in [1.807, 2.05) is 0 Å². The van der Waals surface area contributed by atoms with Crippen molar-refractivity contribution in [2.24, 2.45) is 47.3 Å². The lowest BCUT2D eigenvalue weighted by atomic mass is 9.69. The fourth-order valence-corrected chi connectivity index (χ4v) is 8.31. The predicted molar refractivity (Wildman–Crippen MR) is 165 cm³/mol. The summed E-state index contributed by atoms with van der Waals surface area (Å²) in [5, 5.41) is 0. The third kappa shape index (κ3) is 9.55. The van der Waals surface area contributed by atoms with Crippen molar-refractivity contribution in [1.82, 2.24) is 0 Å². The lowest BCUT2D eigenvalue weighted by Gasteiger charge is -2.37. The third-order valence-electron chi connectivity index (χ3n) is 10.6. The smallest absolute Gasteiger partial charge is 0 e. The Bertz CT molecular complexity index is 595. The van der Waals surface area contributed by atoms with Gasteiger partial charge in [0.15, 0.2) is 0 Å². The topological polar surface area (TPSA) is 0 Å². The molecule has 4 rings (SSSR count). The normalized spacial score (nSPS) is 39.1. The fraction of sp³-hybridized carbons (Fsp3) is 0.829. The number of rotatable bonds is 6. The molecule has 4 saturated carbocycles. The van der Waals surface area contributed by atoms with Gasteiger partial charge in [-0.2, -0.15) is 0 Å². The molecule has 0 atom stereocenters. The van der Waals surface area contributed by atoms with Gasteiger partial charge in [0, 0.05) is 5.71 Å². The molecule has 0 aliphatic heterocycles. The predicted octanol–water partition coefficient (Wildman–Crippen LogP) is 12.3. The van der Waals surface area contributed by atoms with Crippen LogP contribution >= 0.6 is 0 Å². The average molecular weight is 489 g/mol. The Balaban J connectivity index is 0. The summed E-state index contributed by atoms with van der Waals surface area (Å²) in [6, 6.07) is 0. The molecular weight excluding hydrogens is 420 g/mol. The Hall–Kier alpha value is -0.780. The van der Waals surface area contributed by atoms with E-state index in [0.29, 0.717) is 0 Å². The molecular formula is C35H68. The second-order valence-corrected chi connectivity index (χ2v) is 12.8. The summed E-state index contributed by atoms with van der Waals surface area (Å²) in [6.07, 6.45) is 39.3. The van der Waals surface area contributed by atoms with E-state index in [1.54, 1.807) is 0 Å². The highest BCUT2D eigenvalue weighted by atomic mass is 14.4. The van der Waals surface area contributed by atoms with Crippen molar-refractivity contribution >= 4 is 0 Å². The van der Waals surface area contributed by atoms with E-state index >= 15 is 0 Å². The summed E-state index contributed by atoms with van der Waals surface area (Å²) in [5.74, 6) is 8.03. The first-order chi connectivity index (χ1) is 17.2. The molecule has 0 aromatic carbocycles. The minimum absolute atomic E-state index is 0. The minimum Gasteiger partial charge on any atom is -0.0914 e. The molecule has 0 radical (unpaired) electrons. The quantitative estimate of drug-likeness (QED) is 0.326. The van der Waals surface area contributed by atoms with Crippen molar-refractivity contribution in [3.05, 3.63) is 36.5 Å². The zero-order valence-corrected chi connectivity index (χ0v) is 24.1. The van der Waals surface area contributed by atoms with Crippen LogP contribution in [0.2, 0.25) is 0 Å². The van der Waals surface area contributed by atoms with Crippen LogP contribution in [0.1, 0.15) is 143 Å². The monoisotopic (exact) mass is 489 g/mol. The van der Waals surface area contributed by atoms with Gasteiger partial charge in [-0.05, 0) is 158 Å². The van der Waals surface area contributed by atoms with Crippen LogP contribution in [0.5, 0.6) is 0 Å². The van der Waals surface area contributed by atoms with Gasteiger partial charge >= 0.3 is 0 Å². The highest BCUT2D eigenvalue weighted by molar-refractivity contribution is 4.93. The van der Waals surface area contributed by atoms with E-state index in [-0.39, 0.29) is 5.71 Å². The van der Waals surface area contributed by atoms with Crippen LogP contribution in [0.4, 0.5) is 0 Å². The van der Waals surface area contributed by atoms with Crippen molar-refractivity contribution in [2.45, 2.75) is 137 Å². The summed E-state index contributed by atoms with van der Waals surface area (Å²) in [5.41, 5.74) is 0. The lowest BCUT2D eigenvalue weighted by molar-refractivity contribution is 0.154. The van der Waals surface area contributed by atoms with Crippen molar-refractivity contribution in [1.29, 1.82) is 0 Å². The average Bonchev–Trinajstić information content (AvgIpc) is 2.91. The zero-order valence-electron chi connectivity index (χ0n) is 24.1. The van der Waals surface area contributed by atoms with E-state index in [4.69, 9.17) is 0 Å². The highest BCUT2D eigenvalue weighted by Gasteiger charge is 2.30. The number of allylic oxidation sites excluding steroid dienone is 6. The molecule has 208 valence electrons. The summed E-state index contributed by atoms with van der Waals surface area (Å²) >= 11 is 0. The Morgan fingerprint density at radius 2 is 0.686 bits per heavy atom. The maximum atomic E-state index is 2.43. The van der Waals surface area contributed by atoms with E-state index in [0.717, 1.165) is 47.3 Å². The highest BCUT2D eigenvalue weighted by Crippen LogP contribution is 2.43. The first-order valence-electron chi connectivity index (χ1n) is 16.0. The molecule has 0 aromatic rings. The molecule has 0 saturated heterocycles. The molecule has 0 amide bonds. The van der Waals surface area contributed by atoms with E-state index in [9.17, 15) is 0 Å². The van der Waals surface area contributed by atoms with Crippen molar-refractivity contribution in [3.8, 4) is 0 Å².